The number of hydrogen-bond donors (Lipinski definition) is 2. The van der Waals surface area contributed by atoms with Crippen LogP contribution in [0.2, 0.25) is 0 Å². The highest BCUT2D eigenvalue weighted by atomic mass is 32.3. The first kappa shape index (κ1) is 25.2. The van der Waals surface area contributed by atoms with Crippen molar-refractivity contribution >= 4 is 33.2 Å². The van der Waals surface area contributed by atoms with Gasteiger partial charge in [0.05, 0.1) is 11.4 Å². The fraction of sp³-hybridized carbons (Fsp3) is 0.200. The first-order valence-electron chi connectivity index (χ1n) is 11.7. The van der Waals surface area contributed by atoms with Crippen LogP contribution in [0.15, 0.2) is 67.5 Å². The number of aromatic nitrogens is 4. The third-order valence-electron chi connectivity index (χ3n) is 6.14. The molecule has 0 aliphatic carbocycles. The summed E-state index contributed by atoms with van der Waals surface area (Å²) < 4.78 is 42.5. The minimum absolute atomic E-state index is 0.0487. The van der Waals surface area contributed by atoms with Crippen molar-refractivity contribution in [2.75, 3.05) is 18.8 Å². The van der Waals surface area contributed by atoms with Gasteiger partial charge in [0.2, 0.25) is 5.91 Å². The minimum atomic E-state index is -4.60. The molecule has 0 spiro atoms. The molecule has 0 bridgehead atoms. The molecule has 12 nitrogen and oxygen atoms in total. The summed E-state index contributed by atoms with van der Waals surface area (Å²) >= 11 is 0. The van der Waals surface area contributed by atoms with E-state index in [0.717, 1.165) is 18.4 Å². The van der Waals surface area contributed by atoms with E-state index in [0.29, 0.717) is 47.1 Å². The van der Waals surface area contributed by atoms with Crippen molar-refractivity contribution in [3.63, 3.8) is 0 Å². The minimum Gasteiger partial charge on any atom is -0.457 e. The van der Waals surface area contributed by atoms with Crippen LogP contribution in [0.1, 0.15) is 18.9 Å². The zero-order valence-corrected chi connectivity index (χ0v) is 20.9. The summed E-state index contributed by atoms with van der Waals surface area (Å²) in [4.78, 5) is 22.6. The Kier molecular flexibility index (Phi) is 6.70. The van der Waals surface area contributed by atoms with Gasteiger partial charge in [0, 0.05) is 18.7 Å². The molecule has 0 saturated carbocycles. The van der Waals surface area contributed by atoms with E-state index < -0.39 is 10.4 Å². The molecule has 2 aromatic carbocycles. The largest absolute Gasteiger partial charge is 0.457 e. The number of amides is 1. The second kappa shape index (κ2) is 10.1. The maximum absolute atomic E-state index is 12.2. The highest BCUT2D eigenvalue weighted by Crippen LogP contribution is 2.35. The number of nitrogen functional groups attached to an aromatic ring is 1. The number of benzene rings is 2. The Morgan fingerprint density at radius 1 is 1.08 bits per heavy atom. The van der Waals surface area contributed by atoms with Crippen molar-refractivity contribution in [3.05, 3.63) is 67.5 Å². The average Bonchev–Trinajstić information content (AvgIpc) is 3.30. The molecule has 1 aliphatic heterocycles. The first-order valence-corrected chi connectivity index (χ1v) is 13.0. The van der Waals surface area contributed by atoms with Crippen LogP contribution < -0.4 is 14.7 Å². The molecule has 1 unspecified atom stereocenters. The van der Waals surface area contributed by atoms with Crippen LogP contribution in [0.25, 0.3) is 22.3 Å². The smallest absolute Gasteiger partial charge is 0.446 e. The molecule has 2 aromatic heterocycles. The molecule has 1 aliphatic rings. The van der Waals surface area contributed by atoms with E-state index in [2.05, 4.69) is 20.7 Å². The third-order valence-corrected chi connectivity index (χ3v) is 6.54. The number of rotatable bonds is 7. The fourth-order valence-corrected chi connectivity index (χ4v) is 4.79. The van der Waals surface area contributed by atoms with Crippen LogP contribution in [-0.2, 0) is 15.2 Å². The lowest BCUT2D eigenvalue weighted by Crippen LogP contribution is -2.40. The van der Waals surface area contributed by atoms with E-state index in [-0.39, 0.29) is 17.7 Å². The van der Waals surface area contributed by atoms with Gasteiger partial charge < -0.3 is 19.6 Å². The molecule has 3 N–H and O–H groups in total. The van der Waals surface area contributed by atoms with Gasteiger partial charge in [-0.25, -0.2) is 14.6 Å². The molecule has 1 fully saturated rings. The summed E-state index contributed by atoms with van der Waals surface area (Å²) in [5.74, 6) is 1.10. The van der Waals surface area contributed by atoms with Gasteiger partial charge in [-0.15, -0.1) is 0 Å². The molecule has 0 radical (unpaired) electrons. The molecule has 13 heteroatoms. The van der Waals surface area contributed by atoms with Crippen LogP contribution in [0.3, 0.4) is 0 Å². The molecule has 1 saturated heterocycles. The summed E-state index contributed by atoms with van der Waals surface area (Å²) in [6.07, 6.45) is 4.39. The lowest BCUT2D eigenvalue weighted by molar-refractivity contribution is -0.127. The molecular formula is C25H24N6O6S. The Morgan fingerprint density at radius 3 is 2.39 bits per heavy atom. The summed E-state index contributed by atoms with van der Waals surface area (Å²) in [7, 11) is -4.60. The quantitative estimate of drug-likeness (QED) is 0.264. The zero-order chi connectivity index (χ0) is 26.9. The number of likely N-dealkylation sites (tertiary alicyclic amines) is 1. The Hall–Kier alpha value is -4.49. The van der Waals surface area contributed by atoms with E-state index in [1.165, 1.54) is 36.7 Å². The van der Waals surface area contributed by atoms with E-state index in [1.54, 1.807) is 17.0 Å². The Bertz CT molecular complexity index is 1600. The van der Waals surface area contributed by atoms with Crippen molar-refractivity contribution in [1.82, 2.24) is 24.6 Å². The number of nitrogens with two attached hydrogens (primary N) is 1. The van der Waals surface area contributed by atoms with Crippen LogP contribution in [0.5, 0.6) is 17.2 Å². The highest BCUT2D eigenvalue weighted by molar-refractivity contribution is 7.81. The van der Waals surface area contributed by atoms with Crippen LogP contribution in [0, 0.1) is 0 Å². The highest BCUT2D eigenvalue weighted by Gasteiger charge is 2.28. The second-order valence-electron chi connectivity index (χ2n) is 8.64. The lowest BCUT2D eigenvalue weighted by Gasteiger charge is -2.32. The Morgan fingerprint density at radius 2 is 1.74 bits per heavy atom. The van der Waals surface area contributed by atoms with Gasteiger partial charge in [-0.05, 0) is 67.4 Å². The zero-order valence-electron chi connectivity index (χ0n) is 20.1. The third kappa shape index (κ3) is 5.28. The van der Waals surface area contributed by atoms with Crippen LogP contribution in [-0.4, -0.2) is 56.6 Å². The molecular weight excluding hydrogens is 512 g/mol. The van der Waals surface area contributed by atoms with Crippen molar-refractivity contribution < 1.29 is 26.7 Å². The topological polar surface area (TPSA) is 163 Å². The monoisotopic (exact) mass is 536 g/mol. The predicted molar refractivity (Wildman–Crippen MR) is 139 cm³/mol. The van der Waals surface area contributed by atoms with Crippen molar-refractivity contribution in [1.29, 1.82) is 0 Å². The van der Waals surface area contributed by atoms with E-state index in [9.17, 15) is 13.2 Å². The number of carbonyl (C=O) groups excluding carboxylic acids is 1. The fourth-order valence-electron chi connectivity index (χ4n) is 4.44. The van der Waals surface area contributed by atoms with Crippen LogP contribution in [0.4, 0.5) is 5.82 Å². The van der Waals surface area contributed by atoms with Gasteiger partial charge >= 0.3 is 10.4 Å². The van der Waals surface area contributed by atoms with Gasteiger partial charge in [0.25, 0.3) is 0 Å². The molecule has 196 valence electrons. The number of hydrogen-bond acceptors (Lipinski definition) is 9. The van der Waals surface area contributed by atoms with E-state index >= 15 is 0 Å². The number of anilines is 1. The number of piperidine rings is 1. The number of carbonyl (C=O) groups is 1. The predicted octanol–water partition coefficient (Wildman–Crippen LogP) is 3.40. The van der Waals surface area contributed by atoms with E-state index in [1.807, 2.05) is 16.8 Å². The first-order chi connectivity index (χ1) is 18.2. The van der Waals surface area contributed by atoms with Gasteiger partial charge in [0.1, 0.15) is 35.1 Å². The average molecular weight is 537 g/mol. The lowest BCUT2D eigenvalue weighted by atomic mass is 10.1. The van der Waals surface area contributed by atoms with Crippen molar-refractivity contribution in [3.8, 4) is 28.5 Å². The van der Waals surface area contributed by atoms with E-state index in [4.69, 9.17) is 20.1 Å². The molecule has 1 amide bonds. The molecule has 38 heavy (non-hydrogen) atoms. The number of ether oxygens (including phenoxy) is 1. The normalized spacial score (nSPS) is 15.8. The van der Waals surface area contributed by atoms with Gasteiger partial charge in [-0.3, -0.25) is 9.35 Å². The molecule has 4 aromatic rings. The Labute approximate surface area is 218 Å². The summed E-state index contributed by atoms with van der Waals surface area (Å²) in [6.45, 7) is 4.75. The Balaban J connectivity index is 1.41. The standard InChI is InChI=1S/C25H24N6O6S/c1-2-21(32)30-13-3-4-17(14-30)31-25-22(24(26)27-15-28-25)23(29-31)16-5-7-18(8-6-16)36-19-9-11-20(12-10-19)37-38(33,34)35/h2,5-12,15,17H,1,3-4,13-14H2,(H2,26,27,28)(H,33,34,35). The maximum atomic E-state index is 12.2. The molecule has 1 atom stereocenters. The number of fused-ring (bicyclic) bond motifs is 1. The van der Waals surface area contributed by atoms with Gasteiger partial charge in [0.15, 0.2) is 5.65 Å². The maximum Gasteiger partial charge on any atom is 0.446 e. The SMILES string of the molecule is C=CC(=O)N1CCCC(n2nc(-c3ccc(Oc4ccc(OS(=O)(=O)O)cc4)cc3)c3c(N)ncnc32)C1. The van der Waals surface area contributed by atoms with Crippen LogP contribution >= 0.6 is 0 Å². The summed E-state index contributed by atoms with van der Waals surface area (Å²) in [5.41, 5.74) is 8.23. The van der Waals surface area contributed by atoms with Crippen molar-refractivity contribution in [2.24, 2.45) is 0 Å². The molecule has 5 rings (SSSR count). The molecule has 3 heterocycles. The van der Waals surface area contributed by atoms with Crippen molar-refractivity contribution in [2.45, 2.75) is 18.9 Å². The summed E-state index contributed by atoms with van der Waals surface area (Å²) in [6, 6.07) is 12.8. The summed E-state index contributed by atoms with van der Waals surface area (Å²) in [5, 5.41) is 5.49. The van der Waals surface area contributed by atoms with Gasteiger partial charge in [-0.1, -0.05) is 6.58 Å². The second-order valence-corrected chi connectivity index (χ2v) is 9.67. The number of nitrogens with zero attached hydrogens (tertiary/aromatic N) is 5. The van der Waals surface area contributed by atoms with Gasteiger partial charge in [-0.2, -0.15) is 13.5 Å².